The molecule has 17 heavy (non-hydrogen) atoms. The molecule has 0 bridgehead atoms. The van der Waals surface area contributed by atoms with E-state index in [9.17, 15) is 13.2 Å². The van der Waals surface area contributed by atoms with Crippen molar-refractivity contribution in [2.24, 2.45) is 0 Å². The van der Waals surface area contributed by atoms with Gasteiger partial charge in [-0.2, -0.15) is 23.5 Å². The average Bonchev–Trinajstić information content (AvgIpc) is 2.78. The van der Waals surface area contributed by atoms with E-state index in [1.54, 1.807) is 18.2 Å². The molecule has 86 valence electrons. The zero-order valence-electron chi connectivity index (χ0n) is 8.42. The second kappa shape index (κ2) is 3.94. The summed E-state index contributed by atoms with van der Waals surface area (Å²) in [5.74, 6) is 0. The number of alkyl halides is 3. The molecule has 2 rings (SSSR count). The molecule has 0 fully saturated rings. The van der Waals surface area contributed by atoms with Crippen molar-refractivity contribution < 1.29 is 13.2 Å². The zero-order chi connectivity index (χ0) is 12.5. The van der Waals surface area contributed by atoms with E-state index in [1.807, 2.05) is 11.2 Å². The third-order valence-electron chi connectivity index (χ3n) is 2.17. The van der Waals surface area contributed by atoms with Gasteiger partial charge in [0.05, 0.1) is 17.3 Å². The Morgan fingerprint density at radius 1 is 1.24 bits per heavy atom. The molecule has 1 heterocycles. The quantitative estimate of drug-likeness (QED) is 0.828. The second-order valence-electron chi connectivity index (χ2n) is 3.36. The van der Waals surface area contributed by atoms with Crippen LogP contribution in [0.1, 0.15) is 11.3 Å². The van der Waals surface area contributed by atoms with Gasteiger partial charge >= 0.3 is 6.18 Å². The monoisotopic (exact) mass is 237 g/mol. The number of hydrogen-bond acceptors (Lipinski definition) is 2. The molecule has 2 aromatic rings. The Bertz CT molecular complexity index is 578. The summed E-state index contributed by atoms with van der Waals surface area (Å²) in [5, 5.41) is 14.2. The highest BCUT2D eigenvalue weighted by atomic mass is 19.4. The summed E-state index contributed by atoms with van der Waals surface area (Å²) < 4.78 is 37.0. The molecule has 1 N–H and O–H groups in total. The van der Waals surface area contributed by atoms with Gasteiger partial charge in [0, 0.05) is 5.56 Å². The molecule has 0 unspecified atom stereocenters. The Kier molecular flexibility index (Phi) is 2.60. The van der Waals surface area contributed by atoms with Crippen molar-refractivity contribution in [3.8, 4) is 17.3 Å². The van der Waals surface area contributed by atoms with Crippen molar-refractivity contribution in [3.63, 3.8) is 0 Å². The van der Waals surface area contributed by atoms with Crippen LogP contribution in [0, 0.1) is 11.3 Å². The lowest BCUT2D eigenvalue weighted by Gasteiger charge is -2.00. The number of nitrogens with zero attached hydrogens (tertiary/aromatic N) is 2. The van der Waals surface area contributed by atoms with E-state index in [-0.39, 0.29) is 5.69 Å². The molecule has 0 aliphatic carbocycles. The topological polar surface area (TPSA) is 52.5 Å². The first kappa shape index (κ1) is 11.2. The molecule has 0 atom stereocenters. The standard InChI is InChI=1S/C11H6F3N3/c12-11(13,14)10-5-9(16-17-10)8-3-1-2-7(4-8)6-15/h1-5H,(H,16,17). The molecule has 1 aromatic carbocycles. The van der Waals surface area contributed by atoms with Crippen LogP contribution in [0.25, 0.3) is 11.3 Å². The van der Waals surface area contributed by atoms with Crippen molar-refractivity contribution in [1.82, 2.24) is 10.2 Å². The molecule has 0 spiro atoms. The van der Waals surface area contributed by atoms with Crippen LogP contribution in [-0.4, -0.2) is 10.2 Å². The normalized spacial score (nSPS) is 11.2. The first-order chi connectivity index (χ1) is 8.00. The van der Waals surface area contributed by atoms with Crippen molar-refractivity contribution in [1.29, 1.82) is 5.26 Å². The maximum absolute atomic E-state index is 12.3. The van der Waals surface area contributed by atoms with Crippen LogP contribution < -0.4 is 0 Å². The van der Waals surface area contributed by atoms with Crippen molar-refractivity contribution >= 4 is 0 Å². The number of aromatic nitrogens is 2. The minimum absolute atomic E-state index is 0.162. The van der Waals surface area contributed by atoms with Gasteiger partial charge in [-0.25, -0.2) is 0 Å². The molecule has 0 saturated heterocycles. The van der Waals surface area contributed by atoms with Gasteiger partial charge in [-0.05, 0) is 18.2 Å². The van der Waals surface area contributed by atoms with Gasteiger partial charge in [-0.15, -0.1) is 0 Å². The highest BCUT2D eigenvalue weighted by Crippen LogP contribution is 2.30. The highest BCUT2D eigenvalue weighted by molar-refractivity contribution is 5.61. The van der Waals surface area contributed by atoms with Gasteiger partial charge in [0.2, 0.25) is 0 Å². The van der Waals surface area contributed by atoms with Crippen LogP contribution in [0.2, 0.25) is 0 Å². The molecule has 6 heteroatoms. The summed E-state index contributed by atoms with van der Waals surface area (Å²) in [6.45, 7) is 0. The molecule has 0 saturated carbocycles. The molecular weight excluding hydrogens is 231 g/mol. The van der Waals surface area contributed by atoms with Crippen LogP contribution in [0.3, 0.4) is 0 Å². The minimum Gasteiger partial charge on any atom is -0.273 e. The van der Waals surface area contributed by atoms with E-state index in [4.69, 9.17) is 5.26 Å². The number of rotatable bonds is 1. The zero-order valence-corrected chi connectivity index (χ0v) is 8.42. The molecular formula is C11H6F3N3. The first-order valence-corrected chi connectivity index (χ1v) is 4.64. The Morgan fingerprint density at radius 2 is 2.00 bits per heavy atom. The fraction of sp³-hybridized carbons (Fsp3) is 0.0909. The van der Waals surface area contributed by atoms with Gasteiger partial charge in [-0.3, -0.25) is 5.10 Å². The Hall–Kier alpha value is -2.29. The smallest absolute Gasteiger partial charge is 0.273 e. The summed E-state index contributed by atoms with van der Waals surface area (Å²) in [7, 11) is 0. The predicted molar refractivity (Wildman–Crippen MR) is 53.7 cm³/mol. The third-order valence-corrected chi connectivity index (χ3v) is 2.17. The van der Waals surface area contributed by atoms with E-state index in [0.29, 0.717) is 11.1 Å². The van der Waals surface area contributed by atoms with E-state index in [0.717, 1.165) is 6.07 Å². The SMILES string of the molecule is N#Cc1cccc(-c2cc(C(F)(F)F)[nH]n2)c1. The van der Waals surface area contributed by atoms with Gasteiger partial charge in [0.1, 0.15) is 5.69 Å². The fourth-order valence-corrected chi connectivity index (χ4v) is 1.36. The maximum Gasteiger partial charge on any atom is 0.432 e. The number of hydrogen-bond donors (Lipinski definition) is 1. The van der Waals surface area contributed by atoms with E-state index in [2.05, 4.69) is 5.10 Å². The fourth-order valence-electron chi connectivity index (χ4n) is 1.36. The molecule has 1 aromatic heterocycles. The van der Waals surface area contributed by atoms with E-state index >= 15 is 0 Å². The predicted octanol–water partition coefficient (Wildman–Crippen LogP) is 2.97. The average molecular weight is 237 g/mol. The number of nitrogens with one attached hydrogen (secondary N) is 1. The lowest BCUT2D eigenvalue weighted by atomic mass is 10.1. The van der Waals surface area contributed by atoms with Crippen molar-refractivity contribution in [3.05, 3.63) is 41.6 Å². The number of nitriles is 1. The van der Waals surface area contributed by atoms with Gasteiger partial charge in [0.25, 0.3) is 0 Å². The Morgan fingerprint density at radius 3 is 2.59 bits per heavy atom. The van der Waals surface area contributed by atoms with Gasteiger partial charge in [0.15, 0.2) is 0 Å². The van der Waals surface area contributed by atoms with Crippen molar-refractivity contribution in [2.45, 2.75) is 6.18 Å². The molecule has 0 aliphatic rings. The minimum atomic E-state index is -4.45. The van der Waals surface area contributed by atoms with Crippen LogP contribution >= 0.6 is 0 Å². The molecule has 3 nitrogen and oxygen atoms in total. The Balaban J connectivity index is 2.41. The van der Waals surface area contributed by atoms with Gasteiger partial charge < -0.3 is 0 Å². The summed E-state index contributed by atoms with van der Waals surface area (Å²) in [5.41, 5.74) is 0.0964. The maximum atomic E-state index is 12.3. The third kappa shape index (κ3) is 2.28. The molecule has 0 amide bonds. The summed E-state index contributed by atoms with van der Waals surface area (Å²) >= 11 is 0. The molecule has 0 radical (unpaired) electrons. The lowest BCUT2D eigenvalue weighted by molar-refractivity contribution is -0.141. The van der Waals surface area contributed by atoms with E-state index < -0.39 is 11.9 Å². The van der Waals surface area contributed by atoms with Crippen LogP contribution in [0.4, 0.5) is 13.2 Å². The van der Waals surface area contributed by atoms with Crippen LogP contribution in [-0.2, 0) is 6.18 Å². The van der Waals surface area contributed by atoms with Crippen molar-refractivity contribution in [2.75, 3.05) is 0 Å². The second-order valence-corrected chi connectivity index (χ2v) is 3.36. The summed E-state index contributed by atoms with van der Waals surface area (Å²) in [6.07, 6.45) is -4.45. The first-order valence-electron chi connectivity index (χ1n) is 4.64. The summed E-state index contributed by atoms with van der Waals surface area (Å²) in [4.78, 5) is 0. The summed E-state index contributed by atoms with van der Waals surface area (Å²) in [6, 6.07) is 9.07. The van der Waals surface area contributed by atoms with Crippen LogP contribution in [0.15, 0.2) is 30.3 Å². The number of H-pyrrole nitrogens is 1. The largest absolute Gasteiger partial charge is 0.432 e. The Labute approximate surface area is 94.5 Å². The number of aromatic amines is 1. The molecule has 0 aliphatic heterocycles. The highest BCUT2D eigenvalue weighted by Gasteiger charge is 2.33. The number of benzene rings is 1. The van der Waals surface area contributed by atoms with E-state index in [1.165, 1.54) is 6.07 Å². The lowest BCUT2D eigenvalue weighted by Crippen LogP contribution is -2.04. The number of halogens is 3. The van der Waals surface area contributed by atoms with Crippen LogP contribution in [0.5, 0.6) is 0 Å². The van der Waals surface area contributed by atoms with Gasteiger partial charge in [-0.1, -0.05) is 12.1 Å².